The molecule has 6 heteroatoms. The van der Waals surface area contributed by atoms with Crippen molar-refractivity contribution in [1.82, 2.24) is 9.97 Å². The summed E-state index contributed by atoms with van der Waals surface area (Å²) in [5, 5.41) is 3.21. The summed E-state index contributed by atoms with van der Waals surface area (Å²) in [6, 6.07) is 0. The largest absolute Gasteiger partial charge is 0.373 e. The number of hydrogen-bond donors (Lipinski definition) is 3. The summed E-state index contributed by atoms with van der Waals surface area (Å²) in [5.41, 5.74) is 2.37. The van der Waals surface area contributed by atoms with Crippen LogP contribution in [0.5, 0.6) is 0 Å². The van der Waals surface area contributed by atoms with Crippen molar-refractivity contribution in [3.8, 4) is 0 Å². The normalized spacial score (nSPS) is 24.4. The fourth-order valence-corrected chi connectivity index (χ4v) is 1.77. The zero-order valence-electron chi connectivity index (χ0n) is 9.36. The van der Waals surface area contributed by atoms with Crippen molar-refractivity contribution in [2.45, 2.75) is 25.4 Å². The molecule has 0 spiro atoms. The molecule has 0 saturated carbocycles. The second-order valence-corrected chi connectivity index (χ2v) is 4.19. The molecular weight excluding hydrogens is 206 g/mol. The quantitative estimate of drug-likeness (QED) is 0.516. The monoisotopic (exact) mass is 223 g/mol. The van der Waals surface area contributed by atoms with Gasteiger partial charge in [0.05, 0.1) is 18.0 Å². The smallest absolute Gasteiger partial charge is 0.160 e. The Bertz CT molecular complexity index is 351. The van der Waals surface area contributed by atoms with E-state index in [0.29, 0.717) is 11.6 Å². The van der Waals surface area contributed by atoms with Crippen LogP contribution >= 0.6 is 0 Å². The minimum atomic E-state index is -0.0895. The molecule has 0 aliphatic carbocycles. The number of rotatable bonds is 4. The average molecular weight is 223 g/mol. The van der Waals surface area contributed by atoms with E-state index in [-0.39, 0.29) is 5.60 Å². The summed E-state index contributed by atoms with van der Waals surface area (Å²) in [4.78, 5) is 8.23. The maximum Gasteiger partial charge on any atom is 0.160 e. The van der Waals surface area contributed by atoms with E-state index in [0.717, 1.165) is 26.0 Å². The first kappa shape index (κ1) is 11.1. The summed E-state index contributed by atoms with van der Waals surface area (Å²) >= 11 is 0. The molecule has 0 amide bonds. The van der Waals surface area contributed by atoms with Crippen LogP contribution in [0.15, 0.2) is 12.4 Å². The van der Waals surface area contributed by atoms with Crippen molar-refractivity contribution in [2.75, 3.05) is 23.9 Å². The van der Waals surface area contributed by atoms with Gasteiger partial charge in [0, 0.05) is 13.2 Å². The third kappa shape index (κ3) is 2.59. The van der Waals surface area contributed by atoms with Crippen LogP contribution in [0.4, 0.5) is 11.6 Å². The average Bonchev–Trinajstić information content (AvgIpc) is 2.75. The van der Waals surface area contributed by atoms with Crippen LogP contribution < -0.4 is 16.6 Å². The molecule has 1 atom stereocenters. The summed E-state index contributed by atoms with van der Waals surface area (Å²) in [6.45, 7) is 3.68. The number of hydrazine groups is 1. The summed E-state index contributed by atoms with van der Waals surface area (Å²) in [7, 11) is 0. The summed E-state index contributed by atoms with van der Waals surface area (Å²) < 4.78 is 5.67. The van der Waals surface area contributed by atoms with Crippen LogP contribution in [0, 0.1) is 0 Å². The molecule has 1 aromatic rings. The van der Waals surface area contributed by atoms with Gasteiger partial charge in [0.15, 0.2) is 5.82 Å². The first-order valence-corrected chi connectivity index (χ1v) is 5.38. The highest BCUT2D eigenvalue weighted by Crippen LogP contribution is 2.25. The molecule has 16 heavy (non-hydrogen) atoms. The number of anilines is 2. The van der Waals surface area contributed by atoms with Crippen LogP contribution in [0.3, 0.4) is 0 Å². The highest BCUT2D eigenvalue weighted by molar-refractivity contribution is 5.40. The van der Waals surface area contributed by atoms with Crippen LogP contribution in [-0.2, 0) is 4.74 Å². The highest BCUT2D eigenvalue weighted by Gasteiger charge is 2.29. The van der Waals surface area contributed by atoms with Crippen molar-refractivity contribution in [3.05, 3.63) is 12.4 Å². The topological polar surface area (TPSA) is 85.1 Å². The molecule has 2 heterocycles. The van der Waals surface area contributed by atoms with Crippen LogP contribution in [0.1, 0.15) is 19.8 Å². The van der Waals surface area contributed by atoms with Crippen molar-refractivity contribution < 1.29 is 4.74 Å². The molecule has 1 aromatic heterocycles. The second-order valence-electron chi connectivity index (χ2n) is 4.19. The van der Waals surface area contributed by atoms with Crippen molar-refractivity contribution in [1.29, 1.82) is 0 Å². The van der Waals surface area contributed by atoms with Gasteiger partial charge in [0.25, 0.3) is 0 Å². The van der Waals surface area contributed by atoms with Crippen LogP contribution in [-0.4, -0.2) is 28.7 Å². The van der Waals surface area contributed by atoms with E-state index in [1.165, 1.54) is 0 Å². The first-order chi connectivity index (χ1) is 7.72. The molecule has 1 aliphatic rings. The van der Waals surface area contributed by atoms with Gasteiger partial charge in [-0.3, -0.25) is 4.98 Å². The molecule has 88 valence electrons. The maximum atomic E-state index is 5.67. The van der Waals surface area contributed by atoms with Gasteiger partial charge in [-0.05, 0) is 19.8 Å². The molecule has 6 nitrogen and oxygen atoms in total. The van der Waals surface area contributed by atoms with Gasteiger partial charge in [0.1, 0.15) is 5.82 Å². The van der Waals surface area contributed by atoms with Crippen molar-refractivity contribution >= 4 is 11.6 Å². The van der Waals surface area contributed by atoms with E-state index < -0.39 is 0 Å². The fourth-order valence-electron chi connectivity index (χ4n) is 1.77. The minimum Gasteiger partial charge on any atom is -0.373 e. The van der Waals surface area contributed by atoms with Crippen molar-refractivity contribution in [3.63, 3.8) is 0 Å². The van der Waals surface area contributed by atoms with Gasteiger partial charge in [-0.1, -0.05) is 0 Å². The van der Waals surface area contributed by atoms with E-state index in [1.54, 1.807) is 12.4 Å². The van der Waals surface area contributed by atoms with Gasteiger partial charge in [-0.15, -0.1) is 0 Å². The Morgan fingerprint density at radius 3 is 3.00 bits per heavy atom. The van der Waals surface area contributed by atoms with E-state index >= 15 is 0 Å². The first-order valence-electron chi connectivity index (χ1n) is 5.38. The molecule has 4 N–H and O–H groups in total. The molecule has 1 aliphatic heterocycles. The van der Waals surface area contributed by atoms with Gasteiger partial charge >= 0.3 is 0 Å². The van der Waals surface area contributed by atoms with E-state index in [9.17, 15) is 0 Å². The number of ether oxygens (including phenoxy) is 1. The summed E-state index contributed by atoms with van der Waals surface area (Å²) in [5.74, 6) is 6.50. The lowest BCUT2D eigenvalue weighted by molar-refractivity contribution is 0.0315. The zero-order chi connectivity index (χ0) is 11.4. The molecule has 0 aromatic carbocycles. The molecular formula is C10H17N5O. The number of aromatic nitrogens is 2. The number of nitrogens with one attached hydrogen (secondary N) is 2. The minimum absolute atomic E-state index is 0.0895. The maximum absolute atomic E-state index is 5.67. The van der Waals surface area contributed by atoms with Gasteiger partial charge in [0.2, 0.25) is 0 Å². The number of nitrogens with two attached hydrogens (primary N) is 1. The Hall–Kier alpha value is -1.40. The molecule has 0 radical (unpaired) electrons. The van der Waals surface area contributed by atoms with E-state index in [2.05, 4.69) is 27.6 Å². The number of nitrogens with zero attached hydrogens (tertiary/aromatic N) is 2. The van der Waals surface area contributed by atoms with Crippen LogP contribution in [0.25, 0.3) is 0 Å². The Kier molecular flexibility index (Phi) is 3.21. The van der Waals surface area contributed by atoms with Crippen molar-refractivity contribution in [2.24, 2.45) is 5.84 Å². The Morgan fingerprint density at radius 1 is 1.50 bits per heavy atom. The highest BCUT2D eigenvalue weighted by atomic mass is 16.5. The lowest BCUT2D eigenvalue weighted by Crippen LogP contribution is -2.32. The lowest BCUT2D eigenvalue weighted by Gasteiger charge is -2.23. The molecule has 1 saturated heterocycles. The molecule has 1 unspecified atom stereocenters. The molecule has 1 fully saturated rings. The zero-order valence-corrected chi connectivity index (χ0v) is 9.36. The SMILES string of the molecule is CC1(CNc2cncc(NN)n2)CCCO1. The lowest BCUT2D eigenvalue weighted by atomic mass is 10.0. The standard InChI is InChI=1S/C10H17N5O/c1-10(3-2-4-16-10)7-13-8-5-12-6-9(14-8)15-11/h5-6H,2-4,7,11H2,1H3,(H2,13,14,15). The Balaban J connectivity index is 1.93. The predicted octanol–water partition coefficient (Wildman–Crippen LogP) is 0.743. The Labute approximate surface area is 94.6 Å². The second kappa shape index (κ2) is 4.63. The fraction of sp³-hybridized carbons (Fsp3) is 0.600. The third-order valence-electron chi connectivity index (χ3n) is 2.73. The summed E-state index contributed by atoms with van der Waals surface area (Å²) in [6.07, 6.45) is 5.43. The third-order valence-corrected chi connectivity index (χ3v) is 2.73. The van der Waals surface area contributed by atoms with Gasteiger partial charge in [-0.2, -0.15) is 0 Å². The van der Waals surface area contributed by atoms with E-state index in [1.807, 2.05) is 0 Å². The predicted molar refractivity (Wildman–Crippen MR) is 61.9 cm³/mol. The van der Waals surface area contributed by atoms with Gasteiger partial charge in [-0.25, -0.2) is 10.8 Å². The molecule has 0 bridgehead atoms. The van der Waals surface area contributed by atoms with Crippen LogP contribution in [0.2, 0.25) is 0 Å². The Morgan fingerprint density at radius 2 is 2.31 bits per heavy atom. The molecule has 2 rings (SSSR count). The van der Waals surface area contributed by atoms with Gasteiger partial charge < -0.3 is 15.5 Å². The van der Waals surface area contributed by atoms with E-state index in [4.69, 9.17) is 10.6 Å². The number of nitrogen functional groups attached to an aromatic ring is 1. The number of hydrogen-bond acceptors (Lipinski definition) is 6.